The van der Waals surface area contributed by atoms with Gasteiger partial charge in [0.1, 0.15) is 23.6 Å². The average Bonchev–Trinajstić information content (AvgIpc) is 3.97. The van der Waals surface area contributed by atoms with Gasteiger partial charge in [-0.05, 0) is 97.5 Å². The first-order chi connectivity index (χ1) is 29.8. The Morgan fingerprint density at radius 2 is 1.15 bits per heavy atom. The topological polar surface area (TPSA) is 107 Å². The summed E-state index contributed by atoms with van der Waals surface area (Å²) in [6.45, 7) is 4.37. The van der Waals surface area contributed by atoms with Gasteiger partial charge in [0.15, 0.2) is 5.60 Å². The predicted molar refractivity (Wildman–Crippen MR) is 254 cm³/mol. The average molecular weight is 898 g/mol. The number of carbonyl (C=O) groups is 1. The van der Waals surface area contributed by atoms with Gasteiger partial charge in [-0.15, -0.1) is 0 Å². The fourth-order valence-corrected chi connectivity index (χ4v) is 11.1. The number of unbranched alkanes of at least 4 members (excludes halogenated alkanes) is 6. The molecule has 5 aromatic carbocycles. The van der Waals surface area contributed by atoms with Crippen molar-refractivity contribution >= 4 is 75.2 Å². The number of hydrogen-bond donors (Lipinski definition) is 2. The van der Waals surface area contributed by atoms with Crippen molar-refractivity contribution in [3.63, 3.8) is 0 Å². The molecule has 0 aromatic heterocycles. The summed E-state index contributed by atoms with van der Waals surface area (Å²) in [4.78, 5) is 16.3. The van der Waals surface area contributed by atoms with E-state index in [1.54, 1.807) is 12.1 Å². The van der Waals surface area contributed by atoms with E-state index in [0.717, 1.165) is 105 Å². The summed E-state index contributed by atoms with van der Waals surface area (Å²) >= 11 is 16.5. The number of esters is 1. The van der Waals surface area contributed by atoms with Crippen LogP contribution in [-0.4, -0.2) is 5.97 Å². The molecule has 7 nitrogen and oxygen atoms in total. The molecule has 0 fully saturated rings. The van der Waals surface area contributed by atoms with E-state index < -0.39 is 11.6 Å². The van der Waals surface area contributed by atoms with Crippen LogP contribution >= 0.6 is 46.7 Å². The molecule has 1 spiro atoms. The van der Waals surface area contributed by atoms with Crippen molar-refractivity contribution in [2.24, 2.45) is 0 Å². The Kier molecular flexibility index (Phi) is 12.7. The molecule has 4 aliphatic heterocycles. The quantitative estimate of drug-likeness (QED) is 0.0719. The van der Waals surface area contributed by atoms with Crippen LogP contribution in [0.4, 0.5) is 11.4 Å². The zero-order valence-corrected chi connectivity index (χ0v) is 37.0. The third-order valence-corrected chi connectivity index (χ3v) is 14.7. The molecule has 0 saturated heterocycles. The standard InChI is InChI=1S/C50H42Cl2N4O3S2.CH4/c1-3-5-7-9-15-29-21-37-43(24-31(29)34(27-53)47-55-41-17-11-13-19-45(41)60-47)58-44-25-32(35(28-54)48-56-42-18-12-14-20-46(42)61-48)30(16-10-8-6-4-2)22-38(44)50(37)36-26-40(52)39(51)23-33(36)49(57)59-50;/h11-14,17-26,55-56H,3-10,15-16H2,1-2H3;1H4/b47-34-,48-35-;. The Morgan fingerprint density at radius 3 is 1.61 bits per heavy atom. The Hall–Kier alpha value is -5.29. The number of ether oxygens (including phenoxy) is 2. The highest BCUT2D eigenvalue weighted by Crippen LogP contribution is 2.59. The molecule has 0 unspecified atom stereocenters. The summed E-state index contributed by atoms with van der Waals surface area (Å²) in [5, 5.41) is 30.9. The van der Waals surface area contributed by atoms with Gasteiger partial charge in [-0.2, -0.15) is 10.5 Å². The molecule has 0 radical (unpaired) electrons. The molecule has 2 N–H and O–H groups in total. The fraction of sp³-hybridized carbons (Fsp3) is 0.275. The van der Waals surface area contributed by atoms with Crippen LogP contribution in [-0.2, 0) is 23.2 Å². The zero-order valence-electron chi connectivity index (χ0n) is 33.8. The Bertz CT molecular complexity index is 2580. The van der Waals surface area contributed by atoms with E-state index >= 15 is 0 Å². The Labute approximate surface area is 382 Å². The van der Waals surface area contributed by atoms with Crippen molar-refractivity contribution in [3.8, 4) is 23.6 Å². The first-order valence-electron chi connectivity index (χ1n) is 20.9. The number of nitrogens with zero attached hydrogens (tertiary/aromatic N) is 2. The van der Waals surface area contributed by atoms with Crippen LogP contribution in [0.2, 0.25) is 10.0 Å². The van der Waals surface area contributed by atoms with E-state index in [-0.39, 0.29) is 12.4 Å². The lowest BCUT2D eigenvalue weighted by atomic mass is 9.75. The van der Waals surface area contributed by atoms with Crippen molar-refractivity contribution in [3.05, 3.63) is 150 Å². The van der Waals surface area contributed by atoms with Gasteiger partial charge in [0.2, 0.25) is 0 Å². The van der Waals surface area contributed by atoms with Gasteiger partial charge in [-0.25, -0.2) is 4.79 Å². The second-order valence-electron chi connectivity index (χ2n) is 15.7. The molecular formula is C51H46Cl2N4O3S2. The lowest BCUT2D eigenvalue weighted by Crippen LogP contribution is -2.33. The minimum atomic E-state index is -1.47. The number of benzene rings is 5. The number of thioether (sulfide) groups is 2. The number of halogens is 2. The van der Waals surface area contributed by atoms with Crippen molar-refractivity contribution < 1.29 is 14.3 Å². The number of para-hydroxylation sites is 2. The molecule has 9 rings (SSSR count). The molecule has 5 aromatic rings. The Morgan fingerprint density at radius 1 is 0.661 bits per heavy atom. The highest BCUT2D eigenvalue weighted by Gasteiger charge is 2.54. The van der Waals surface area contributed by atoms with Crippen LogP contribution < -0.4 is 15.4 Å². The van der Waals surface area contributed by atoms with Crippen molar-refractivity contribution in [2.75, 3.05) is 10.6 Å². The third-order valence-electron chi connectivity index (χ3n) is 11.8. The predicted octanol–water partition coefficient (Wildman–Crippen LogP) is 15.3. The van der Waals surface area contributed by atoms with E-state index in [0.29, 0.717) is 62.8 Å². The van der Waals surface area contributed by atoms with Gasteiger partial charge in [0.25, 0.3) is 0 Å². The summed E-state index contributed by atoms with van der Waals surface area (Å²) in [5.41, 5.74) is 6.99. The van der Waals surface area contributed by atoms with Gasteiger partial charge < -0.3 is 20.1 Å². The molecule has 0 bridgehead atoms. The smallest absolute Gasteiger partial charge is 0.340 e. The number of fused-ring (bicyclic) bond motifs is 8. The van der Waals surface area contributed by atoms with Gasteiger partial charge in [0.05, 0.1) is 48.2 Å². The maximum Gasteiger partial charge on any atom is 0.340 e. The molecule has 62 heavy (non-hydrogen) atoms. The maximum atomic E-state index is 14.2. The fourth-order valence-electron chi connectivity index (χ4n) is 8.78. The van der Waals surface area contributed by atoms with Crippen LogP contribution in [0.3, 0.4) is 0 Å². The highest BCUT2D eigenvalue weighted by atomic mass is 35.5. The zero-order chi connectivity index (χ0) is 42.3. The van der Waals surface area contributed by atoms with Crippen LogP contribution in [0.1, 0.15) is 122 Å². The molecular weight excluding hydrogens is 852 g/mol. The molecule has 0 aliphatic carbocycles. The monoisotopic (exact) mass is 896 g/mol. The van der Waals surface area contributed by atoms with Crippen LogP contribution in [0.25, 0.3) is 11.1 Å². The largest absolute Gasteiger partial charge is 0.456 e. The molecule has 0 saturated carbocycles. The minimum Gasteiger partial charge on any atom is -0.456 e. The molecule has 11 heteroatoms. The van der Waals surface area contributed by atoms with Crippen LogP contribution in [0, 0.1) is 22.7 Å². The minimum absolute atomic E-state index is 0. The second kappa shape index (κ2) is 18.2. The normalized spacial score (nSPS) is 16.2. The molecule has 4 heterocycles. The number of anilines is 2. The lowest BCUT2D eigenvalue weighted by Gasteiger charge is -2.38. The van der Waals surface area contributed by atoms with E-state index in [1.807, 2.05) is 60.7 Å². The summed E-state index contributed by atoms with van der Waals surface area (Å²) in [5.74, 6) is 0.353. The summed E-state index contributed by atoms with van der Waals surface area (Å²) in [6.07, 6.45) is 9.60. The maximum absolute atomic E-state index is 14.2. The van der Waals surface area contributed by atoms with Crippen LogP contribution in [0.15, 0.2) is 105 Å². The number of nitrogens with one attached hydrogen (secondary N) is 2. The number of aryl methyl sites for hydroxylation is 2. The molecule has 4 aliphatic rings. The van der Waals surface area contributed by atoms with Crippen molar-refractivity contribution in [2.45, 2.75) is 101 Å². The first-order valence-corrected chi connectivity index (χ1v) is 23.3. The SMILES string of the molecule is C.CCCCCCc1cc2c(cc1/C(C#N)=C1/Nc3ccccc3S1)Oc1cc(/C(C#N)=C3/Nc4ccccc4S3)c(CCCCCC)cc1C21OC(=O)c2cc(Cl)c(Cl)cc21. The van der Waals surface area contributed by atoms with Crippen LogP contribution in [0.5, 0.6) is 11.5 Å². The highest BCUT2D eigenvalue weighted by molar-refractivity contribution is 8.04. The first kappa shape index (κ1) is 43.4. The number of nitriles is 2. The molecule has 0 atom stereocenters. The van der Waals surface area contributed by atoms with E-state index in [9.17, 15) is 15.3 Å². The van der Waals surface area contributed by atoms with E-state index in [1.165, 1.54) is 23.5 Å². The second-order valence-corrected chi connectivity index (χ2v) is 18.6. The Balaban J connectivity index is 0.00000529. The number of carbonyl (C=O) groups excluding carboxylic acids is 1. The third kappa shape index (κ3) is 7.64. The van der Waals surface area contributed by atoms with E-state index in [2.05, 4.69) is 48.8 Å². The lowest BCUT2D eigenvalue weighted by molar-refractivity contribution is 0.0223. The van der Waals surface area contributed by atoms with Crippen molar-refractivity contribution in [1.29, 1.82) is 10.5 Å². The van der Waals surface area contributed by atoms with Gasteiger partial charge in [0, 0.05) is 37.6 Å². The number of allylic oxidation sites excluding steroid dienone is 2. The summed E-state index contributed by atoms with van der Waals surface area (Å²) in [7, 11) is 0. The number of rotatable bonds is 12. The summed E-state index contributed by atoms with van der Waals surface area (Å²) < 4.78 is 13.7. The van der Waals surface area contributed by atoms with E-state index in [4.69, 9.17) is 32.7 Å². The van der Waals surface area contributed by atoms with Crippen molar-refractivity contribution in [1.82, 2.24) is 0 Å². The molecule has 0 amide bonds. The van der Waals surface area contributed by atoms with Gasteiger partial charge >= 0.3 is 5.97 Å². The summed E-state index contributed by atoms with van der Waals surface area (Å²) in [6, 6.07) is 32.4. The van der Waals surface area contributed by atoms with Gasteiger partial charge in [-0.1, -0.05) is 131 Å². The molecule has 314 valence electrons. The number of hydrogen-bond acceptors (Lipinski definition) is 9. The van der Waals surface area contributed by atoms with Gasteiger partial charge in [-0.3, -0.25) is 0 Å².